The summed E-state index contributed by atoms with van der Waals surface area (Å²) in [5, 5.41) is 3.03. The summed E-state index contributed by atoms with van der Waals surface area (Å²) in [7, 11) is 1.67. The second kappa shape index (κ2) is 9.54. The lowest BCUT2D eigenvalue weighted by Gasteiger charge is -2.19. The SMILES string of the molecule is COc1cc2ncc(N=CC(=CN)c3cc(C(=O)NC4CC4)ccc3C)n2cc1SC(C)(C)C. The second-order valence-electron chi connectivity index (χ2n) is 9.42. The Kier molecular flexibility index (Phi) is 6.70. The van der Waals surface area contributed by atoms with Crippen LogP contribution in [0.5, 0.6) is 5.75 Å². The van der Waals surface area contributed by atoms with Crippen LogP contribution in [0.4, 0.5) is 5.82 Å². The number of methoxy groups -OCH3 is 1. The number of aliphatic imine (C=N–C) groups is 1. The first-order valence-corrected chi connectivity index (χ1v) is 12.1. The van der Waals surface area contributed by atoms with Gasteiger partial charge in [-0.15, -0.1) is 11.8 Å². The summed E-state index contributed by atoms with van der Waals surface area (Å²) in [4.78, 5) is 22.7. The Balaban J connectivity index is 1.65. The molecule has 3 N–H and O–H groups in total. The van der Waals surface area contributed by atoms with Crippen molar-refractivity contribution in [2.75, 3.05) is 7.11 Å². The van der Waals surface area contributed by atoms with Crippen LogP contribution in [-0.2, 0) is 0 Å². The number of imidazole rings is 1. The van der Waals surface area contributed by atoms with Crippen LogP contribution in [-0.4, -0.2) is 39.4 Å². The van der Waals surface area contributed by atoms with Crippen molar-refractivity contribution in [1.82, 2.24) is 14.7 Å². The largest absolute Gasteiger partial charge is 0.495 e. The van der Waals surface area contributed by atoms with Crippen molar-refractivity contribution in [3.8, 4) is 5.75 Å². The van der Waals surface area contributed by atoms with Crippen molar-refractivity contribution in [3.05, 3.63) is 59.5 Å². The molecular formula is C26H31N5O2S. The van der Waals surface area contributed by atoms with E-state index < -0.39 is 0 Å². The van der Waals surface area contributed by atoms with Gasteiger partial charge >= 0.3 is 0 Å². The van der Waals surface area contributed by atoms with Crippen LogP contribution in [0.25, 0.3) is 11.2 Å². The van der Waals surface area contributed by atoms with Gasteiger partial charge in [-0.25, -0.2) is 9.98 Å². The van der Waals surface area contributed by atoms with Gasteiger partial charge in [-0.3, -0.25) is 9.20 Å². The average Bonchev–Trinajstić information content (AvgIpc) is 3.52. The number of allylic oxidation sites excluding steroid dienone is 1. The number of hydrogen-bond acceptors (Lipinski definition) is 6. The van der Waals surface area contributed by atoms with Gasteiger partial charge in [0.25, 0.3) is 5.91 Å². The van der Waals surface area contributed by atoms with Gasteiger partial charge in [0, 0.05) is 46.6 Å². The number of aromatic nitrogens is 2. The zero-order valence-corrected chi connectivity index (χ0v) is 21.1. The van der Waals surface area contributed by atoms with Crippen molar-refractivity contribution < 1.29 is 9.53 Å². The van der Waals surface area contributed by atoms with Gasteiger partial charge in [0.15, 0.2) is 5.82 Å². The number of amides is 1. The third kappa shape index (κ3) is 5.44. The van der Waals surface area contributed by atoms with Crippen LogP contribution in [0.1, 0.15) is 55.1 Å². The molecule has 0 saturated heterocycles. The first-order valence-electron chi connectivity index (χ1n) is 11.3. The molecule has 0 radical (unpaired) electrons. The van der Waals surface area contributed by atoms with Crippen LogP contribution in [0.15, 0.2) is 52.7 Å². The monoisotopic (exact) mass is 477 g/mol. The molecule has 4 rings (SSSR count). The Labute approximate surface area is 204 Å². The number of ether oxygens (including phenoxy) is 1. The standard InChI is InChI=1S/C26H31N5O2S/c1-16-6-7-17(25(32)30-19-8-9-19)10-20(16)18(12-27)13-28-24-14-29-23-11-21(33-5)22(15-31(23)24)34-26(2,3)4/h6-7,10-15,19H,8-9,27H2,1-5H3,(H,30,32). The molecule has 0 unspecified atom stereocenters. The summed E-state index contributed by atoms with van der Waals surface area (Å²) < 4.78 is 7.54. The van der Waals surface area contributed by atoms with Crippen molar-refractivity contribution in [3.63, 3.8) is 0 Å². The number of aryl methyl sites for hydroxylation is 1. The van der Waals surface area contributed by atoms with E-state index in [-0.39, 0.29) is 10.7 Å². The van der Waals surface area contributed by atoms with Crippen molar-refractivity contribution in [1.29, 1.82) is 0 Å². The van der Waals surface area contributed by atoms with Crippen LogP contribution in [0.2, 0.25) is 0 Å². The van der Waals surface area contributed by atoms with Gasteiger partial charge in [0.1, 0.15) is 11.4 Å². The molecule has 0 aliphatic heterocycles. The fraction of sp³-hybridized carbons (Fsp3) is 0.346. The second-order valence-corrected chi connectivity index (χ2v) is 11.3. The van der Waals surface area contributed by atoms with E-state index in [9.17, 15) is 4.79 Å². The molecule has 34 heavy (non-hydrogen) atoms. The minimum atomic E-state index is -0.0586. The maximum Gasteiger partial charge on any atom is 0.251 e. The summed E-state index contributed by atoms with van der Waals surface area (Å²) in [6.45, 7) is 8.47. The number of fused-ring (bicyclic) bond motifs is 1. The lowest BCUT2D eigenvalue weighted by atomic mass is 9.99. The maximum atomic E-state index is 12.5. The third-order valence-corrected chi connectivity index (χ3v) is 6.57. The van der Waals surface area contributed by atoms with Crippen molar-refractivity contribution >= 4 is 40.9 Å². The Bertz CT molecular complexity index is 1280. The number of pyridine rings is 1. The third-order valence-electron chi connectivity index (χ3n) is 5.43. The Hall–Kier alpha value is -3.26. The molecule has 0 atom stereocenters. The quantitative estimate of drug-likeness (QED) is 0.363. The lowest BCUT2D eigenvalue weighted by molar-refractivity contribution is 0.0951. The fourth-order valence-electron chi connectivity index (χ4n) is 3.54. The zero-order chi connectivity index (χ0) is 24.5. The molecule has 1 fully saturated rings. The van der Waals surface area contributed by atoms with Crippen LogP contribution in [0.3, 0.4) is 0 Å². The molecule has 2 heterocycles. The van der Waals surface area contributed by atoms with E-state index in [4.69, 9.17) is 10.5 Å². The highest BCUT2D eigenvalue weighted by Gasteiger charge is 2.24. The van der Waals surface area contributed by atoms with Gasteiger partial charge in [-0.05, 0) is 43.0 Å². The Morgan fingerprint density at radius 3 is 2.74 bits per heavy atom. The van der Waals surface area contributed by atoms with Gasteiger partial charge in [-0.2, -0.15) is 0 Å². The highest BCUT2D eigenvalue weighted by Crippen LogP contribution is 2.39. The molecule has 1 aliphatic carbocycles. The average molecular weight is 478 g/mol. The topological polar surface area (TPSA) is 94.0 Å². The Morgan fingerprint density at radius 1 is 1.32 bits per heavy atom. The van der Waals surface area contributed by atoms with Crippen molar-refractivity contribution in [2.45, 2.75) is 56.2 Å². The number of hydrogen-bond donors (Lipinski definition) is 2. The molecule has 7 nitrogen and oxygen atoms in total. The summed E-state index contributed by atoms with van der Waals surface area (Å²) in [6.07, 6.45) is 9.05. The van der Waals surface area contributed by atoms with E-state index in [1.165, 1.54) is 6.20 Å². The number of carbonyl (C=O) groups excluding carboxylic acids is 1. The highest BCUT2D eigenvalue weighted by atomic mass is 32.2. The lowest BCUT2D eigenvalue weighted by Crippen LogP contribution is -2.25. The maximum absolute atomic E-state index is 12.5. The van der Waals surface area contributed by atoms with E-state index in [1.807, 2.05) is 41.8 Å². The number of nitrogens with one attached hydrogen (secondary N) is 1. The minimum absolute atomic E-state index is 0.0226. The van der Waals surface area contributed by atoms with Crippen LogP contribution in [0, 0.1) is 6.92 Å². The summed E-state index contributed by atoms with van der Waals surface area (Å²) in [6, 6.07) is 7.87. The summed E-state index contributed by atoms with van der Waals surface area (Å²) in [5.74, 6) is 1.40. The number of carbonyl (C=O) groups is 1. The van der Waals surface area contributed by atoms with E-state index in [0.717, 1.165) is 45.8 Å². The molecule has 1 aromatic carbocycles. The van der Waals surface area contributed by atoms with Gasteiger partial charge in [0.05, 0.1) is 18.2 Å². The van der Waals surface area contributed by atoms with E-state index in [0.29, 0.717) is 17.4 Å². The number of thioether (sulfide) groups is 1. The van der Waals surface area contributed by atoms with E-state index in [2.05, 4.69) is 36.1 Å². The first-order chi connectivity index (χ1) is 16.2. The smallest absolute Gasteiger partial charge is 0.251 e. The van der Waals surface area contributed by atoms with E-state index in [1.54, 1.807) is 31.3 Å². The summed E-state index contributed by atoms with van der Waals surface area (Å²) in [5.41, 5.74) is 9.95. The highest BCUT2D eigenvalue weighted by molar-refractivity contribution is 8.00. The van der Waals surface area contributed by atoms with Gasteiger partial charge in [-0.1, -0.05) is 26.8 Å². The number of nitrogens with two attached hydrogens (primary N) is 1. The molecule has 2 aromatic heterocycles. The molecule has 8 heteroatoms. The molecule has 1 saturated carbocycles. The van der Waals surface area contributed by atoms with Gasteiger partial charge in [0.2, 0.25) is 0 Å². The molecule has 0 bridgehead atoms. The van der Waals surface area contributed by atoms with Gasteiger partial charge < -0.3 is 15.8 Å². The minimum Gasteiger partial charge on any atom is -0.495 e. The summed E-state index contributed by atoms with van der Waals surface area (Å²) >= 11 is 1.72. The van der Waals surface area contributed by atoms with E-state index >= 15 is 0 Å². The molecule has 1 amide bonds. The molecule has 178 valence electrons. The zero-order valence-electron chi connectivity index (χ0n) is 20.3. The normalized spacial score (nSPS) is 14.7. The fourth-order valence-corrected chi connectivity index (χ4v) is 4.60. The number of nitrogens with zero attached hydrogens (tertiary/aromatic N) is 3. The predicted octanol–water partition coefficient (Wildman–Crippen LogP) is 5.14. The number of rotatable bonds is 7. The van der Waals surface area contributed by atoms with Crippen LogP contribution < -0.4 is 15.8 Å². The Morgan fingerprint density at radius 2 is 2.09 bits per heavy atom. The van der Waals surface area contributed by atoms with Crippen molar-refractivity contribution in [2.24, 2.45) is 10.7 Å². The number of benzene rings is 1. The molecule has 3 aromatic rings. The van der Waals surface area contributed by atoms with Crippen LogP contribution >= 0.6 is 11.8 Å². The molecular weight excluding hydrogens is 446 g/mol. The predicted molar refractivity (Wildman–Crippen MR) is 139 cm³/mol. The molecule has 1 aliphatic rings. The molecule has 0 spiro atoms. The first kappa shape index (κ1) is 23.9.